The highest BCUT2D eigenvalue weighted by atomic mass is 16.3. The fourth-order valence-electron chi connectivity index (χ4n) is 2.14. The molecule has 7 heteroatoms. The van der Waals surface area contributed by atoms with Gasteiger partial charge in [-0.05, 0) is 18.6 Å². The van der Waals surface area contributed by atoms with E-state index >= 15 is 0 Å². The zero-order chi connectivity index (χ0) is 14.7. The number of H-pyrrole nitrogens is 1. The molecule has 0 saturated carbocycles. The van der Waals surface area contributed by atoms with Gasteiger partial charge in [-0.2, -0.15) is 5.10 Å². The van der Waals surface area contributed by atoms with Gasteiger partial charge in [0.05, 0.1) is 16.9 Å². The Balaban J connectivity index is 2.01. The molecular weight excluding hydrogens is 268 g/mol. The standard InChI is InChI=1S/C14H16N6O/c15-14-7-11(16-3-1-5-21)9-8-17-13(6-12(9)19-14)10-2-4-18-20-10/h2,4,6-8,21H,1,3,5H2,(H,18,20)(H3,15,16,19). The van der Waals surface area contributed by atoms with Crippen LogP contribution in [-0.2, 0) is 0 Å². The lowest BCUT2D eigenvalue weighted by Gasteiger charge is -2.10. The van der Waals surface area contributed by atoms with Crippen LogP contribution in [-0.4, -0.2) is 38.4 Å². The number of fused-ring (bicyclic) bond motifs is 1. The Hall–Kier alpha value is -2.67. The fourth-order valence-corrected chi connectivity index (χ4v) is 2.14. The number of aliphatic hydroxyl groups excluding tert-OH is 1. The van der Waals surface area contributed by atoms with Gasteiger partial charge in [0, 0.05) is 42.7 Å². The molecule has 0 aromatic carbocycles. The van der Waals surface area contributed by atoms with E-state index in [1.165, 1.54) is 0 Å². The molecule has 0 bridgehead atoms. The van der Waals surface area contributed by atoms with Crippen molar-refractivity contribution in [3.05, 3.63) is 30.6 Å². The molecule has 0 aliphatic heterocycles. The van der Waals surface area contributed by atoms with Crippen LogP contribution in [0.3, 0.4) is 0 Å². The van der Waals surface area contributed by atoms with E-state index in [9.17, 15) is 0 Å². The second-order valence-electron chi connectivity index (χ2n) is 4.66. The SMILES string of the molecule is Nc1cc(NCCCO)c2cnc(-c3ccn[nH]3)cc2n1. The number of aromatic nitrogens is 4. The summed E-state index contributed by atoms with van der Waals surface area (Å²) in [5.74, 6) is 0.441. The van der Waals surface area contributed by atoms with Gasteiger partial charge in [0.25, 0.3) is 0 Å². The molecule has 3 heterocycles. The lowest BCUT2D eigenvalue weighted by molar-refractivity contribution is 0.292. The van der Waals surface area contributed by atoms with Crippen LogP contribution in [0.2, 0.25) is 0 Å². The number of aromatic amines is 1. The minimum atomic E-state index is 0.147. The van der Waals surface area contributed by atoms with Crippen LogP contribution in [0, 0.1) is 0 Å². The highest BCUT2D eigenvalue weighted by Gasteiger charge is 2.08. The predicted molar refractivity (Wildman–Crippen MR) is 81.7 cm³/mol. The summed E-state index contributed by atoms with van der Waals surface area (Å²) in [6.45, 7) is 0.811. The lowest BCUT2D eigenvalue weighted by Crippen LogP contribution is -2.05. The van der Waals surface area contributed by atoms with Gasteiger partial charge in [-0.25, -0.2) is 4.98 Å². The summed E-state index contributed by atoms with van der Waals surface area (Å²) in [5.41, 5.74) is 9.08. The van der Waals surface area contributed by atoms with Crippen molar-refractivity contribution in [2.75, 3.05) is 24.2 Å². The van der Waals surface area contributed by atoms with Crippen molar-refractivity contribution in [3.63, 3.8) is 0 Å². The number of rotatable bonds is 5. The van der Waals surface area contributed by atoms with Gasteiger partial charge in [-0.3, -0.25) is 10.1 Å². The molecule has 7 nitrogen and oxygen atoms in total. The van der Waals surface area contributed by atoms with Gasteiger partial charge in [0.2, 0.25) is 0 Å². The number of nitrogens with one attached hydrogen (secondary N) is 2. The zero-order valence-electron chi connectivity index (χ0n) is 11.4. The molecule has 3 aromatic rings. The Labute approximate surface area is 121 Å². The van der Waals surface area contributed by atoms with Crippen LogP contribution in [0.25, 0.3) is 22.3 Å². The smallest absolute Gasteiger partial charge is 0.126 e. The molecule has 3 rings (SSSR count). The minimum absolute atomic E-state index is 0.147. The van der Waals surface area contributed by atoms with Gasteiger partial charge >= 0.3 is 0 Å². The first-order chi connectivity index (χ1) is 10.3. The Morgan fingerprint density at radius 1 is 1.33 bits per heavy atom. The number of nitrogens with two attached hydrogens (primary N) is 1. The second-order valence-corrected chi connectivity index (χ2v) is 4.66. The van der Waals surface area contributed by atoms with Crippen molar-refractivity contribution in [2.24, 2.45) is 0 Å². The van der Waals surface area contributed by atoms with Crippen molar-refractivity contribution in [1.82, 2.24) is 20.2 Å². The first kappa shape index (κ1) is 13.3. The number of anilines is 2. The van der Waals surface area contributed by atoms with Crippen LogP contribution in [0.5, 0.6) is 0 Å². The van der Waals surface area contributed by atoms with E-state index in [0.29, 0.717) is 18.8 Å². The van der Waals surface area contributed by atoms with Crippen molar-refractivity contribution >= 4 is 22.4 Å². The molecule has 0 unspecified atom stereocenters. The number of nitrogens with zero attached hydrogens (tertiary/aromatic N) is 3. The topological polar surface area (TPSA) is 113 Å². The van der Waals surface area contributed by atoms with Crippen LogP contribution in [0.15, 0.2) is 30.6 Å². The van der Waals surface area contributed by atoms with E-state index in [2.05, 4.69) is 25.5 Å². The van der Waals surface area contributed by atoms with E-state index in [4.69, 9.17) is 10.8 Å². The maximum absolute atomic E-state index is 8.86. The third kappa shape index (κ3) is 2.77. The largest absolute Gasteiger partial charge is 0.396 e. The monoisotopic (exact) mass is 284 g/mol. The maximum atomic E-state index is 8.86. The third-order valence-electron chi connectivity index (χ3n) is 3.14. The summed E-state index contributed by atoms with van der Waals surface area (Å²) in [5, 5.41) is 19.8. The van der Waals surface area contributed by atoms with Crippen LogP contribution in [0.4, 0.5) is 11.5 Å². The molecule has 0 spiro atoms. The molecule has 0 aliphatic carbocycles. The molecule has 3 aromatic heterocycles. The summed E-state index contributed by atoms with van der Waals surface area (Å²) in [7, 11) is 0. The summed E-state index contributed by atoms with van der Waals surface area (Å²) in [4.78, 5) is 8.78. The maximum Gasteiger partial charge on any atom is 0.126 e. The van der Waals surface area contributed by atoms with Gasteiger partial charge < -0.3 is 16.2 Å². The molecule has 0 atom stereocenters. The summed E-state index contributed by atoms with van der Waals surface area (Å²) < 4.78 is 0. The normalized spacial score (nSPS) is 10.9. The van der Waals surface area contributed by atoms with E-state index in [-0.39, 0.29) is 6.61 Å². The lowest BCUT2D eigenvalue weighted by atomic mass is 10.2. The highest BCUT2D eigenvalue weighted by Crippen LogP contribution is 2.26. The van der Waals surface area contributed by atoms with E-state index in [1.54, 1.807) is 18.5 Å². The Morgan fingerprint density at radius 2 is 2.24 bits per heavy atom. The molecular formula is C14H16N6O. The molecule has 21 heavy (non-hydrogen) atoms. The molecule has 0 aliphatic rings. The van der Waals surface area contributed by atoms with Crippen molar-refractivity contribution < 1.29 is 5.11 Å². The van der Waals surface area contributed by atoms with Gasteiger partial charge in [-0.15, -0.1) is 0 Å². The molecule has 108 valence electrons. The average molecular weight is 284 g/mol. The van der Waals surface area contributed by atoms with Gasteiger partial charge in [0.15, 0.2) is 0 Å². The van der Waals surface area contributed by atoms with Crippen molar-refractivity contribution in [1.29, 1.82) is 0 Å². The second kappa shape index (κ2) is 5.76. The predicted octanol–water partition coefficient (Wildman–Crippen LogP) is 1.40. The van der Waals surface area contributed by atoms with Crippen LogP contribution >= 0.6 is 0 Å². The quantitative estimate of drug-likeness (QED) is 0.527. The van der Waals surface area contributed by atoms with E-state index in [1.807, 2.05) is 12.1 Å². The van der Waals surface area contributed by atoms with Crippen LogP contribution < -0.4 is 11.1 Å². The van der Waals surface area contributed by atoms with Gasteiger partial charge in [-0.1, -0.05) is 0 Å². The summed E-state index contributed by atoms with van der Waals surface area (Å²) >= 11 is 0. The molecule has 0 fully saturated rings. The number of aliphatic hydroxyl groups is 1. The minimum Gasteiger partial charge on any atom is -0.396 e. The third-order valence-corrected chi connectivity index (χ3v) is 3.14. The Morgan fingerprint density at radius 3 is 3.00 bits per heavy atom. The number of hydrogen-bond acceptors (Lipinski definition) is 6. The Kier molecular flexibility index (Phi) is 3.65. The van der Waals surface area contributed by atoms with Gasteiger partial charge in [0.1, 0.15) is 5.82 Å². The number of nitrogen functional groups attached to an aromatic ring is 1. The van der Waals surface area contributed by atoms with E-state index < -0.39 is 0 Å². The van der Waals surface area contributed by atoms with Crippen molar-refractivity contribution in [2.45, 2.75) is 6.42 Å². The Bertz CT molecular complexity index is 741. The van der Waals surface area contributed by atoms with E-state index in [0.717, 1.165) is 28.0 Å². The zero-order valence-corrected chi connectivity index (χ0v) is 11.4. The molecule has 0 saturated heterocycles. The first-order valence-corrected chi connectivity index (χ1v) is 6.68. The highest BCUT2D eigenvalue weighted by molar-refractivity contribution is 5.93. The number of hydrogen-bond donors (Lipinski definition) is 4. The summed E-state index contributed by atoms with van der Waals surface area (Å²) in [6.07, 6.45) is 4.11. The number of pyridine rings is 2. The molecule has 5 N–H and O–H groups in total. The molecule has 0 amide bonds. The first-order valence-electron chi connectivity index (χ1n) is 6.68. The summed E-state index contributed by atoms with van der Waals surface area (Å²) in [6, 6.07) is 5.49. The average Bonchev–Trinajstić information content (AvgIpc) is 3.01. The fraction of sp³-hybridized carbons (Fsp3) is 0.214. The van der Waals surface area contributed by atoms with Crippen LogP contribution in [0.1, 0.15) is 6.42 Å². The molecule has 0 radical (unpaired) electrons. The van der Waals surface area contributed by atoms with Crippen molar-refractivity contribution in [3.8, 4) is 11.4 Å².